The summed E-state index contributed by atoms with van der Waals surface area (Å²) in [5, 5.41) is 2.98. The number of methoxy groups -OCH3 is 1. The van der Waals surface area contributed by atoms with E-state index in [2.05, 4.69) is 22.0 Å². The van der Waals surface area contributed by atoms with Gasteiger partial charge in [0.25, 0.3) is 5.91 Å². The Balaban J connectivity index is 1.40. The number of hydrogen-bond donors (Lipinski definition) is 1. The SMILES string of the molecule is CCN1CCN(C2CCN(C(=O)[C@H](NC(=O)c3ccc(OC)cc3)c3ccccc3)CC2)CC1. The molecule has 2 saturated heterocycles. The van der Waals surface area contributed by atoms with Crippen LogP contribution in [0.25, 0.3) is 0 Å². The molecule has 0 aromatic heterocycles. The molecule has 0 unspecified atom stereocenters. The largest absolute Gasteiger partial charge is 0.497 e. The molecule has 182 valence electrons. The summed E-state index contributed by atoms with van der Waals surface area (Å²) in [6, 6.07) is 16.3. The number of hydrogen-bond acceptors (Lipinski definition) is 5. The first-order valence-electron chi connectivity index (χ1n) is 12.3. The lowest BCUT2D eigenvalue weighted by Gasteiger charge is -2.43. The summed E-state index contributed by atoms with van der Waals surface area (Å²) in [4.78, 5) is 33.6. The number of carbonyl (C=O) groups is 2. The lowest BCUT2D eigenvalue weighted by molar-refractivity contribution is -0.135. The molecule has 1 atom stereocenters. The number of rotatable bonds is 7. The van der Waals surface area contributed by atoms with Crippen molar-refractivity contribution >= 4 is 11.8 Å². The van der Waals surface area contributed by atoms with E-state index in [1.807, 2.05) is 35.2 Å². The molecule has 2 fully saturated rings. The minimum absolute atomic E-state index is 0.0395. The molecule has 2 amide bonds. The van der Waals surface area contributed by atoms with Crippen LogP contribution < -0.4 is 10.1 Å². The highest BCUT2D eigenvalue weighted by molar-refractivity contribution is 5.98. The second kappa shape index (κ2) is 11.5. The summed E-state index contributed by atoms with van der Waals surface area (Å²) in [5.41, 5.74) is 1.30. The Bertz CT molecular complexity index is 934. The van der Waals surface area contributed by atoms with Crippen LogP contribution >= 0.6 is 0 Å². The van der Waals surface area contributed by atoms with Crippen molar-refractivity contribution < 1.29 is 14.3 Å². The molecule has 4 rings (SSSR count). The molecule has 2 aliphatic heterocycles. The molecule has 0 aliphatic carbocycles. The number of nitrogens with one attached hydrogen (secondary N) is 1. The van der Waals surface area contributed by atoms with Crippen molar-refractivity contribution in [1.29, 1.82) is 0 Å². The van der Waals surface area contributed by atoms with Gasteiger partial charge in [-0.05, 0) is 49.2 Å². The molecular weight excluding hydrogens is 428 g/mol. The molecule has 0 spiro atoms. The summed E-state index contributed by atoms with van der Waals surface area (Å²) in [5.74, 6) is 0.377. The summed E-state index contributed by atoms with van der Waals surface area (Å²) >= 11 is 0. The lowest BCUT2D eigenvalue weighted by Crippen LogP contribution is -2.54. The predicted molar refractivity (Wildman–Crippen MR) is 133 cm³/mol. The van der Waals surface area contributed by atoms with Gasteiger partial charge in [0.2, 0.25) is 5.91 Å². The Morgan fingerprint density at radius 1 is 0.941 bits per heavy atom. The third-order valence-electron chi connectivity index (χ3n) is 7.15. The minimum Gasteiger partial charge on any atom is -0.497 e. The van der Waals surface area contributed by atoms with Crippen molar-refractivity contribution in [3.05, 3.63) is 65.7 Å². The van der Waals surface area contributed by atoms with Crippen molar-refractivity contribution in [3.8, 4) is 5.75 Å². The van der Waals surface area contributed by atoms with Gasteiger partial charge in [0, 0.05) is 50.9 Å². The third-order valence-corrected chi connectivity index (χ3v) is 7.15. The van der Waals surface area contributed by atoms with Crippen LogP contribution in [0, 0.1) is 0 Å². The number of likely N-dealkylation sites (N-methyl/N-ethyl adjacent to an activating group) is 1. The van der Waals surface area contributed by atoms with Crippen LogP contribution in [0.3, 0.4) is 0 Å². The van der Waals surface area contributed by atoms with Crippen LogP contribution in [-0.2, 0) is 4.79 Å². The van der Waals surface area contributed by atoms with E-state index in [1.54, 1.807) is 31.4 Å². The molecule has 0 saturated carbocycles. The van der Waals surface area contributed by atoms with E-state index in [-0.39, 0.29) is 11.8 Å². The first kappa shape index (κ1) is 24.2. The third kappa shape index (κ3) is 5.77. The van der Waals surface area contributed by atoms with Gasteiger partial charge >= 0.3 is 0 Å². The number of piperazine rings is 1. The van der Waals surface area contributed by atoms with E-state index >= 15 is 0 Å². The Morgan fingerprint density at radius 3 is 2.18 bits per heavy atom. The number of benzene rings is 2. The normalized spacial score (nSPS) is 18.9. The van der Waals surface area contributed by atoms with Crippen LogP contribution in [0.4, 0.5) is 0 Å². The van der Waals surface area contributed by atoms with Gasteiger partial charge in [0.1, 0.15) is 11.8 Å². The number of nitrogens with zero attached hydrogens (tertiary/aromatic N) is 3. The maximum absolute atomic E-state index is 13.6. The molecule has 2 aliphatic rings. The van der Waals surface area contributed by atoms with Crippen LogP contribution in [0.2, 0.25) is 0 Å². The zero-order valence-electron chi connectivity index (χ0n) is 20.3. The van der Waals surface area contributed by atoms with Gasteiger partial charge in [0.15, 0.2) is 0 Å². The molecular formula is C27H36N4O3. The van der Waals surface area contributed by atoms with Gasteiger partial charge in [-0.15, -0.1) is 0 Å². The molecule has 2 aromatic carbocycles. The first-order valence-corrected chi connectivity index (χ1v) is 12.3. The first-order chi connectivity index (χ1) is 16.6. The van der Waals surface area contributed by atoms with Crippen molar-refractivity contribution in [2.75, 3.05) is 52.9 Å². The molecule has 7 nitrogen and oxygen atoms in total. The molecule has 2 aromatic rings. The van der Waals surface area contributed by atoms with Crippen LogP contribution in [0.15, 0.2) is 54.6 Å². The Morgan fingerprint density at radius 2 is 1.59 bits per heavy atom. The number of amides is 2. The van der Waals surface area contributed by atoms with Crippen LogP contribution in [0.1, 0.15) is 41.7 Å². The van der Waals surface area contributed by atoms with E-state index in [1.165, 1.54) is 0 Å². The van der Waals surface area contributed by atoms with Gasteiger partial charge < -0.3 is 19.9 Å². The number of piperidine rings is 1. The molecule has 0 radical (unpaired) electrons. The highest BCUT2D eigenvalue weighted by Crippen LogP contribution is 2.23. The molecule has 34 heavy (non-hydrogen) atoms. The Labute approximate surface area is 202 Å². The van der Waals surface area contributed by atoms with E-state index < -0.39 is 6.04 Å². The maximum Gasteiger partial charge on any atom is 0.252 e. The zero-order valence-corrected chi connectivity index (χ0v) is 20.3. The molecule has 1 N–H and O–H groups in total. The fourth-order valence-electron chi connectivity index (χ4n) is 4.97. The molecule has 2 heterocycles. The molecule has 7 heteroatoms. The van der Waals surface area contributed by atoms with Crippen LogP contribution in [0.5, 0.6) is 5.75 Å². The number of ether oxygens (including phenoxy) is 1. The van der Waals surface area contributed by atoms with E-state index in [0.29, 0.717) is 17.4 Å². The molecule has 0 bridgehead atoms. The average molecular weight is 465 g/mol. The fraction of sp³-hybridized carbons (Fsp3) is 0.481. The van der Waals surface area contributed by atoms with Crippen molar-refractivity contribution in [2.45, 2.75) is 31.8 Å². The quantitative estimate of drug-likeness (QED) is 0.683. The van der Waals surface area contributed by atoms with Gasteiger partial charge in [-0.2, -0.15) is 0 Å². The summed E-state index contributed by atoms with van der Waals surface area (Å²) in [6.45, 7) is 9.25. The predicted octanol–water partition coefficient (Wildman–Crippen LogP) is 2.79. The number of likely N-dealkylation sites (tertiary alicyclic amines) is 1. The van der Waals surface area contributed by atoms with Gasteiger partial charge in [-0.1, -0.05) is 37.3 Å². The highest BCUT2D eigenvalue weighted by Gasteiger charge is 2.33. The Hall–Kier alpha value is -2.90. The maximum atomic E-state index is 13.6. The second-order valence-corrected chi connectivity index (χ2v) is 9.07. The standard InChI is InChI=1S/C27H36N4O3/c1-3-29-17-19-30(20-18-29)23-13-15-31(16-14-23)27(33)25(21-7-5-4-6-8-21)28-26(32)22-9-11-24(34-2)12-10-22/h4-12,23,25H,3,13-20H2,1-2H3,(H,28,32)/t25-/m1/s1. The van der Waals surface area contributed by atoms with Crippen molar-refractivity contribution in [1.82, 2.24) is 20.0 Å². The van der Waals surface area contributed by atoms with Crippen LogP contribution in [-0.4, -0.2) is 85.5 Å². The van der Waals surface area contributed by atoms with Gasteiger partial charge in [-0.3, -0.25) is 14.5 Å². The smallest absolute Gasteiger partial charge is 0.252 e. The van der Waals surface area contributed by atoms with E-state index in [4.69, 9.17) is 4.74 Å². The number of carbonyl (C=O) groups excluding carboxylic acids is 2. The van der Waals surface area contributed by atoms with E-state index in [9.17, 15) is 9.59 Å². The van der Waals surface area contributed by atoms with Gasteiger partial charge in [-0.25, -0.2) is 0 Å². The Kier molecular flexibility index (Phi) is 8.19. The minimum atomic E-state index is -0.708. The average Bonchev–Trinajstić information content (AvgIpc) is 2.92. The monoisotopic (exact) mass is 464 g/mol. The summed E-state index contributed by atoms with van der Waals surface area (Å²) < 4.78 is 5.18. The summed E-state index contributed by atoms with van der Waals surface area (Å²) in [6.07, 6.45) is 1.96. The van der Waals surface area contributed by atoms with Gasteiger partial charge in [0.05, 0.1) is 7.11 Å². The lowest BCUT2D eigenvalue weighted by atomic mass is 9.99. The summed E-state index contributed by atoms with van der Waals surface area (Å²) in [7, 11) is 1.59. The zero-order chi connectivity index (χ0) is 23.9. The van der Waals surface area contributed by atoms with E-state index in [0.717, 1.165) is 64.2 Å². The second-order valence-electron chi connectivity index (χ2n) is 9.07. The van der Waals surface area contributed by atoms with Crippen molar-refractivity contribution in [2.24, 2.45) is 0 Å². The topological polar surface area (TPSA) is 65.1 Å². The van der Waals surface area contributed by atoms with Crippen molar-refractivity contribution in [3.63, 3.8) is 0 Å². The highest BCUT2D eigenvalue weighted by atomic mass is 16.5. The fourth-order valence-corrected chi connectivity index (χ4v) is 4.97.